The molecule has 1 aromatic carbocycles. The quantitative estimate of drug-likeness (QED) is 0.762. The maximum absolute atomic E-state index is 12.6. The molecule has 0 saturated carbocycles. The van der Waals surface area contributed by atoms with Crippen molar-refractivity contribution < 1.29 is 17.6 Å². The molecule has 5 nitrogen and oxygen atoms in total. The SMILES string of the molecule is CCC(=O)NNS(=O)(=O)c1ccc(F)cc1. The van der Waals surface area contributed by atoms with Crippen molar-refractivity contribution in [1.29, 1.82) is 0 Å². The first kappa shape index (κ1) is 12.6. The molecule has 0 spiro atoms. The Bertz CT molecular complexity index is 470. The molecule has 0 fully saturated rings. The summed E-state index contributed by atoms with van der Waals surface area (Å²) in [6, 6.07) is 4.26. The molecule has 0 aliphatic heterocycles. The number of hydrogen-bond acceptors (Lipinski definition) is 3. The number of hydrazine groups is 1. The van der Waals surface area contributed by atoms with Gasteiger partial charge in [0, 0.05) is 6.42 Å². The van der Waals surface area contributed by atoms with E-state index in [2.05, 4.69) is 0 Å². The maximum Gasteiger partial charge on any atom is 0.257 e. The summed E-state index contributed by atoms with van der Waals surface area (Å²) in [5, 5.41) is 0. The van der Waals surface area contributed by atoms with Gasteiger partial charge >= 0.3 is 0 Å². The third kappa shape index (κ3) is 3.28. The lowest BCUT2D eigenvalue weighted by molar-refractivity contribution is -0.121. The van der Waals surface area contributed by atoms with Crippen LogP contribution >= 0.6 is 0 Å². The summed E-state index contributed by atoms with van der Waals surface area (Å²) in [5.41, 5.74) is 2.02. The maximum atomic E-state index is 12.6. The van der Waals surface area contributed by atoms with Gasteiger partial charge in [-0.3, -0.25) is 10.2 Å². The lowest BCUT2D eigenvalue weighted by Crippen LogP contribution is -2.41. The highest BCUT2D eigenvalue weighted by atomic mass is 32.2. The number of hydrogen-bond donors (Lipinski definition) is 2. The zero-order valence-corrected chi connectivity index (χ0v) is 9.34. The van der Waals surface area contributed by atoms with E-state index in [0.29, 0.717) is 0 Å². The molecule has 1 aromatic rings. The largest absolute Gasteiger partial charge is 0.278 e. The highest BCUT2D eigenvalue weighted by Gasteiger charge is 2.14. The van der Waals surface area contributed by atoms with Crippen LogP contribution in [0.4, 0.5) is 4.39 Å². The molecule has 2 N–H and O–H groups in total. The highest BCUT2D eigenvalue weighted by molar-refractivity contribution is 7.89. The minimum atomic E-state index is -3.83. The van der Waals surface area contributed by atoms with Gasteiger partial charge in [0.25, 0.3) is 10.0 Å². The third-order valence-corrected chi connectivity index (χ3v) is 3.03. The Morgan fingerprint density at radius 3 is 2.38 bits per heavy atom. The molecule has 0 unspecified atom stereocenters. The minimum absolute atomic E-state index is 0.120. The van der Waals surface area contributed by atoms with Crippen LogP contribution in [0.3, 0.4) is 0 Å². The number of sulfonamides is 1. The summed E-state index contributed by atoms with van der Waals surface area (Å²) in [6.45, 7) is 1.58. The lowest BCUT2D eigenvalue weighted by Gasteiger charge is -2.07. The highest BCUT2D eigenvalue weighted by Crippen LogP contribution is 2.08. The Labute approximate surface area is 92.7 Å². The van der Waals surface area contributed by atoms with E-state index >= 15 is 0 Å². The molecule has 1 rings (SSSR count). The van der Waals surface area contributed by atoms with Crippen LogP contribution in [0.5, 0.6) is 0 Å². The van der Waals surface area contributed by atoms with Crippen molar-refractivity contribution >= 4 is 15.9 Å². The normalized spacial score (nSPS) is 11.1. The van der Waals surface area contributed by atoms with E-state index in [9.17, 15) is 17.6 Å². The fourth-order valence-electron chi connectivity index (χ4n) is 0.885. The number of nitrogens with one attached hydrogen (secondary N) is 2. The fourth-order valence-corrected chi connectivity index (χ4v) is 1.75. The van der Waals surface area contributed by atoms with E-state index in [-0.39, 0.29) is 11.3 Å². The molecule has 1 amide bonds. The molecule has 0 radical (unpaired) electrons. The first-order chi connectivity index (χ1) is 7.45. The monoisotopic (exact) mass is 246 g/mol. The molecule has 16 heavy (non-hydrogen) atoms. The van der Waals surface area contributed by atoms with Gasteiger partial charge in [0.2, 0.25) is 5.91 Å². The molecular formula is C9H11FN2O3S. The number of rotatable bonds is 4. The Kier molecular flexibility index (Phi) is 3.97. The van der Waals surface area contributed by atoms with E-state index in [1.54, 1.807) is 6.92 Å². The topological polar surface area (TPSA) is 75.3 Å². The smallest absolute Gasteiger partial charge is 0.257 e. The average Bonchev–Trinajstić information content (AvgIpc) is 2.26. The Hall–Kier alpha value is -1.47. The standard InChI is InChI=1S/C9H11FN2O3S/c1-2-9(13)11-12-16(14,15)8-5-3-7(10)4-6-8/h3-6,12H,2H2,1H3,(H,11,13). The molecule has 0 aromatic heterocycles. The van der Waals surface area contributed by atoms with Gasteiger partial charge in [-0.2, -0.15) is 0 Å². The van der Waals surface area contributed by atoms with Gasteiger partial charge in [-0.1, -0.05) is 6.92 Å². The van der Waals surface area contributed by atoms with E-state index in [0.717, 1.165) is 24.3 Å². The predicted octanol–water partition coefficient (Wildman–Crippen LogP) is 0.545. The van der Waals surface area contributed by atoms with Gasteiger partial charge in [-0.05, 0) is 24.3 Å². The number of carbonyl (C=O) groups is 1. The number of benzene rings is 1. The van der Waals surface area contributed by atoms with Crippen molar-refractivity contribution in [1.82, 2.24) is 10.3 Å². The molecule has 0 atom stereocenters. The van der Waals surface area contributed by atoms with Gasteiger partial charge in [0.05, 0.1) is 4.90 Å². The first-order valence-corrected chi connectivity index (χ1v) is 6.00. The zero-order chi connectivity index (χ0) is 12.2. The Morgan fingerprint density at radius 2 is 1.88 bits per heavy atom. The number of halogens is 1. The molecular weight excluding hydrogens is 235 g/mol. The summed E-state index contributed by atoms with van der Waals surface area (Å²) in [5.74, 6) is -0.984. The second-order valence-corrected chi connectivity index (χ2v) is 4.64. The van der Waals surface area contributed by atoms with Crippen LogP contribution in [0, 0.1) is 5.82 Å². The fraction of sp³-hybridized carbons (Fsp3) is 0.222. The van der Waals surface area contributed by atoms with Gasteiger partial charge in [-0.25, -0.2) is 12.8 Å². The second-order valence-electron chi connectivity index (χ2n) is 2.96. The molecule has 7 heteroatoms. The summed E-state index contributed by atoms with van der Waals surface area (Å²) in [7, 11) is -3.83. The molecule has 0 bridgehead atoms. The van der Waals surface area contributed by atoms with Crippen LogP contribution in [0.1, 0.15) is 13.3 Å². The molecule has 0 saturated heterocycles. The first-order valence-electron chi connectivity index (χ1n) is 4.52. The molecule has 0 aliphatic carbocycles. The predicted molar refractivity (Wildman–Crippen MR) is 55.2 cm³/mol. The van der Waals surface area contributed by atoms with Crippen LogP contribution in [-0.4, -0.2) is 14.3 Å². The van der Waals surface area contributed by atoms with Gasteiger partial charge in [0.1, 0.15) is 5.82 Å². The van der Waals surface area contributed by atoms with Crippen molar-refractivity contribution in [3.05, 3.63) is 30.1 Å². The second kappa shape index (κ2) is 5.04. The zero-order valence-electron chi connectivity index (χ0n) is 8.53. The van der Waals surface area contributed by atoms with Gasteiger partial charge in [0.15, 0.2) is 0 Å². The summed E-state index contributed by atoms with van der Waals surface area (Å²) in [4.78, 5) is 12.6. The van der Waals surface area contributed by atoms with E-state index in [1.165, 1.54) is 0 Å². The summed E-state index contributed by atoms with van der Waals surface area (Å²) >= 11 is 0. The van der Waals surface area contributed by atoms with Crippen LogP contribution in [0.2, 0.25) is 0 Å². The average molecular weight is 246 g/mol. The van der Waals surface area contributed by atoms with E-state index in [4.69, 9.17) is 0 Å². The third-order valence-electron chi connectivity index (χ3n) is 1.77. The summed E-state index contributed by atoms with van der Waals surface area (Å²) < 4.78 is 35.6. The van der Waals surface area contributed by atoms with Crippen LogP contribution < -0.4 is 10.3 Å². The Morgan fingerprint density at radius 1 is 1.31 bits per heavy atom. The van der Waals surface area contributed by atoms with Crippen molar-refractivity contribution in [2.75, 3.05) is 0 Å². The minimum Gasteiger partial charge on any atom is -0.278 e. The number of carbonyl (C=O) groups excluding carboxylic acids is 1. The van der Waals surface area contributed by atoms with Gasteiger partial charge < -0.3 is 0 Å². The molecule has 0 heterocycles. The van der Waals surface area contributed by atoms with Crippen molar-refractivity contribution in [3.63, 3.8) is 0 Å². The lowest BCUT2D eigenvalue weighted by atomic mass is 10.4. The van der Waals surface area contributed by atoms with Gasteiger partial charge in [-0.15, -0.1) is 4.83 Å². The van der Waals surface area contributed by atoms with Crippen LogP contribution in [-0.2, 0) is 14.8 Å². The Balaban J connectivity index is 2.78. The van der Waals surface area contributed by atoms with Crippen molar-refractivity contribution in [2.45, 2.75) is 18.2 Å². The van der Waals surface area contributed by atoms with Crippen molar-refractivity contribution in [3.8, 4) is 0 Å². The van der Waals surface area contributed by atoms with E-state index < -0.39 is 21.7 Å². The van der Waals surface area contributed by atoms with Crippen LogP contribution in [0.15, 0.2) is 29.2 Å². The molecule has 88 valence electrons. The van der Waals surface area contributed by atoms with E-state index in [1.807, 2.05) is 10.3 Å². The summed E-state index contributed by atoms with van der Waals surface area (Å²) in [6.07, 6.45) is 0.159. The number of amides is 1. The van der Waals surface area contributed by atoms with Crippen molar-refractivity contribution in [2.24, 2.45) is 0 Å². The van der Waals surface area contributed by atoms with Crippen LogP contribution in [0.25, 0.3) is 0 Å². The molecule has 0 aliphatic rings.